The maximum Gasteiger partial charge on any atom is 0.251 e. The number of carbonyl (C=O) groups is 2. The van der Waals surface area contributed by atoms with Crippen LogP contribution in [0.15, 0.2) is 83.5 Å². The Hall–Kier alpha value is -2.92. The molecule has 1 atom stereocenters. The fourth-order valence-electron chi connectivity index (χ4n) is 2.88. The summed E-state index contributed by atoms with van der Waals surface area (Å²) in [5.41, 5.74) is 4.44. The van der Waals surface area contributed by atoms with Crippen LogP contribution in [0.3, 0.4) is 0 Å². The maximum atomic E-state index is 12.5. The number of carbonyl (C=O) groups excluding carboxylic acids is 2. The molecule has 2 amide bonds. The van der Waals surface area contributed by atoms with Crippen LogP contribution >= 0.6 is 15.9 Å². The molecule has 0 fully saturated rings. The molecule has 2 aromatic rings. The van der Waals surface area contributed by atoms with Crippen LogP contribution < -0.4 is 10.6 Å². The summed E-state index contributed by atoms with van der Waals surface area (Å²) in [5.74, 6) is -0.411. The Kier molecular flexibility index (Phi) is 8.81. The van der Waals surface area contributed by atoms with Crippen molar-refractivity contribution in [2.24, 2.45) is 0 Å². The average molecular weight is 467 g/mol. The normalized spacial score (nSPS) is 12.5. The molecular weight excluding hydrogens is 440 g/mol. The van der Waals surface area contributed by atoms with Crippen molar-refractivity contribution >= 4 is 27.7 Å². The van der Waals surface area contributed by atoms with Crippen molar-refractivity contribution in [1.29, 1.82) is 0 Å². The first-order chi connectivity index (χ1) is 14.3. The van der Waals surface area contributed by atoms with Gasteiger partial charge in [-0.15, -0.1) is 0 Å². The van der Waals surface area contributed by atoms with E-state index in [-0.39, 0.29) is 24.3 Å². The molecule has 0 aromatic heterocycles. The van der Waals surface area contributed by atoms with Crippen LogP contribution in [0, 0.1) is 6.92 Å². The van der Waals surface area contributed by atoms with E-state index >= 15 is 0 Å². The lowest BCUT2D eigenvalue weighted by Crippen LogP contribution is -2.36. The summed E-state index contributed by atoms with van der Waals surface area (Å²) < 4.78 is 0.895. The molecule has 4 nitrogen and oxygen atoms in total. The fraction of sp³-hybridized carbons (Fsp3) is 0.200. The van der Waals surface area contributed by atoms with Gasteiger partial charge in [-0.05, 0) is 61.7 Å². The summed E-state index contributed by atoms with van der Waals surface area (Å²) in [6, 6.07) is 15.3. The van der Waals surface area contributed by atoms with Gasteiger partial charge in [-0.1, -0.05) is 65.0 Å². The van der Waals surface area contributed by atoms with Crippen molar-refractivity contribution < 1.29 is 9.59 Å². The van der Waals surface area contributed by atoms with Crippen LogP contribution in [0.1, 0.15) is 36.2 Å². The SMILES string of the molecule is C=C(/C=C\C(Br)=C/C)NC(=O)CC(C)NC(=O)c1ccc(-c2ccccc2C)cc1. The quantitative estimate of drug-likeness (QED) is 0.493. The summed E-state index contributed by atoms with van der Waals surface area (Å²) in [7, 11) is 0. The van der Waals surface area contributed by atoms with Crippen molar-refractivity contribution in [3.8, 4) is 11.1 Å². The second-order valence-corrected chi connectivity index (χ2v) is 7.97. The highest BCUT2D eigenvalue weighted by molar-refractivity contribution is 9.11. The van der Waals surface area contributed by atoms with Gasteiger partial charge in [0.25, 0.3) is 5.91 Å². The Labute approximate surface area is 186 Å². The van der Waals surface area contributed by atoms with Crippen LogP contribution in [0.25, 0.3) is 11.1 Å². The molecule has 0 aliphatic carbocycles. The molecule has 1 unspecified atom stereocenters. The molecule has 5 heteroatoms. The van der Waals surface area contributed by atoms with Crippen LogP contribution in [0.5, 0.6) is 0 Å². The summed E-state index contributed by atoms with van der Waals surface area (Å²) in [5, 5.41) is 5.58. The zero-order chi connectivity index (χ0) is 22.1. The second kappa shape index (κ2) is 11.3. The Bertz CT molecular complexity index is 975. The van der Waals surface area contributed by atoms with Gasteiger partial charge in [0.05, 0.1) is 0 Å². The molecule has 2 N–H and O–H groups in total. The minimum atomic E-state index is -0.312. The monoisotopic (exact) mass is 466 g/mol. The lowest BCUT2D eigenvalue weighted by molar-refractivity contribution is -0.120. The number of hydrogen-bond donors (Lipinski definition) is 2. The van der Waals surface area contributed by atoms with Gasteiger partial charge in [0, 0.05) is 28.2 Å². The van der Waals surface area contributed by atoms with E-state index in [9.17, 15) is 9.59 Å². The molecule has 0 spiro atoms. The molecule has 0 saturated heterocycles. The Morgan fingerprint density at radius 2 is 1.77 bits per heavy atom. The smallest absolute Gasteiger partial charge is 0.251 e. The average Bonchev–Trinajstić information content (AvgIpc) is 2.72. The van der Waals surface area contributed by atoms with Gasteiger partial charge in [0.2, 0.25) is 5.91 Å². The number of rotatable bonds is 8. The van der Waals surface area contributed by atoms with Crippen molar-refractivity contribution in [3.63, 3.8) is 0 Å². The van der Waals surface area contributed by atoms with E-state index in [4.69, 9.17) is 0 Å². The molecule has 0 heterocycles. The molecule has 0 aliphatic heterocycles. The number of nitrogens with one attached hydrogen (secondary N) is 2. The first kappa shape index (κ1) is 23.4. The predicted molar refractivity (Wildman–Crippen MR) is 127 cm³/mol. The number of amides is 2. The summed E-state index contributed by atoms with van der Waals surface area (Å²) in [6.07, 6.45) is 5.55. The Balaban J connectivity index is 1.89. The first-order valence-electron chi connectivity index (χ1n) is 9.75. The third-order valence-electron chi connectivity index (χ3n) is 4.49. The molecule has 0 saturated carbocycles. The number of benzene rings is 2. The van der Waals surface area contributed by atoms with E-state index in [1.54, 1.807) is 31.2 Å². The largest absolute Gasteiger partial charge is 0.349 e. The third-order valence-corrected chi connectivity index (χ3v) is 5.21. The highest BCUT2D eigenvalue weighted by Crippen LogP contribution is 2.23. The van der Waals surface area contributed by atoms with E-state index in [1.165, 1.54) is 5.56 Å². The van der Waals surface area contributed by atoms with Crippen molar-refractivity contribution in [2.75, 3.05) is 0 Å². The minimum Gasteiger partial charge on any atom is -0.349 e. The van der Waals surface area contributed by atoms with Crippen molar-refractivity contribution in [1.82, 2.24) is 10.6 Å². The summed E-state index contributed by atoms with van der Waals surface area (Å²) in [4.78, 5) is 24.6. The minimum absolute atomic E-state index is 0.157. The van der Waals surface area contributed by atoms with Crippen LogP contribution in [0.2, 0.25) is 0 Å². The molecule has 2 aromatic carbocycles. The third kappa shape index (κ3) is 7.16. The molecule has 0 aliphatic rings. The number of allylic oxidation sites excluding steroid dienone is 4. The van der Waals surface area contributed by atoms with Gasteiger partial charge in [-0.3, -0.25) is 9.59 Å². The summed E-state index contributed by atoms with van der Waals surface area (Å²) in [6.45, 7) is 9.56. The highest BCUT2D eigenvalue weighted by Gasteiger charge is 2.14. The second-order valence-electron chi connectivity index (χ2n) is 7.05. The first-order valence-corrected chi connectivity index (χ1v) is 10.5. The van der Waals surface area contributed by atoms with E-state index < -0.39 is 0 Å². The maximum absolute atomic E-state index is 12.5. The van der Waals surface area contributed by atoms with Crippen molar-refractivity contribution in [2.45, 2.75) is 33.2 Å². The fourth-order valence-corrected chi connectivity index (χ4v) is 3.01. The summed E-state index contributed by atoms with van der Waals surface area (Å²) >= 11 is 3.36. The van der Waals surface area contributed by atoms with Gasteiger partial charge >= 0.3 is 0 Å². The Morgan fingerprint density at radius 3 is 2.40 bits per heavy atom. The molecular formula is C25H27BrN2O2. The molecule has 30 heavy (non-hydrogen) atoms. The highest BCUT2D eigenvalue weighted by atomic mass is 79.9. The lowest BCUT2D eigenvalue weighted by atomic mass is 9.99. The Morgan fingerprint density at radius 1 is 1.10 bits per heavy atom. The van der Waals surface area contributed by atoms with Crippen LogP contribution in [-0.4, -0.2) is 17.9 Å². The van der Waals surface area contributed by atoms with E-state index in [2.05, 4.69) is 52.2 Å². The van der Waals surface area contributed by atoms with Crippen LogP contribution in [-0.2, 0) is 4.79 Å². The topological polar surface area (TPSA) is 58.2 Å². The van der Waals surface area contributed by atoms with Crippen LogP contribution in [0.4, 0.5) is 0 Å². The van der Waals surface area contributed by atoms with Gasteiger partial charge in [0.15, 0.2) is 0 Å². The van der Waals surface area contributed by atoms with E-state index in [0.29, 0.717) is 11.3 Å². The van der Waals surface area contributed by atoms with Gasteiger partial charge < -0.3 is 10.6 Å². The standard InChI is InChI=1S/C25H27BrN2O2/c1-5-22(26)15-10-18(3)27-24(29)16-19(4)28-25(30)21-13-11-20(12-14-21)23-9-7-6-8-17(23)2/h5-15,19H,3,16H2,1-2,4H3,(H,27,29)(H,28,30)/b15-10-,22-5+. The molecule has 0 bridgehead atoms. The number of aryl methyl sites for hydroxylation is 1. The van der Waals surface area contributed by atoms with E-state index in [1.807, 2.05) is 37.3 Å². The van der Waals surface area contributed by atoms with Gasteiger partial charge in [-0.2, -0.15) is 0 Å². The zero-order valence-electron chi connectivity index (χ0n) is 17.5. The van der Waals surface area contributed by atoms with Gasteiger partial charge in [-0.25, -0.2) is 0 Å². The molecule has 156 valence electrons. The van der Waals surface area contributed by atoms with Crippen molar-refractivity contribution in [3.05, 3.63) is 94.6 Å². The number of halogens is 1. The van der Waals surface area contributed by atoms with Gasteiger partial charge in [0.1, 0.15) is 0 Å². The molecule has 2 rings (SSSR count). The van der Waals surface area contributed by atoms with E-state index in [0.717, 1.165) is 15.6 Å². The lowest BCUT2D eigenvalue weighted by Gasteiger charge is -2.14. The number of hydrogen-bond acceptors (Lipinski definition) is 2. The zero-order valence-corrected chi connectivity index (χ0v) is 19.1. The molecule has 0 radical (unpaired) electrons. The predicted octanol–water partition coefficient (Wildman–Crippen LogP) is 5.66.